The highest BCUT2D eigenvalue weighted by Crippen LogP contribution is 2.25. The minimum Gasteiger partial charge on any atom is -0.462 e. The van der Waals surface area contributed by atoms with E-state index in [0.717, 1.165) is 5.56 Å². The molecule has 0 saturated carbocycles. The van der Waals surface area contributed by atoms with Crippen LogP contribution in [0.2, 0.25) is 5.02 Å². The molecule has 0 aliphatic heterocycles. The van der Waals surface area contributed by atoms with Crippen LogP contribution in [0.1, 0.15) is 17.3 Å². The molecule has 0 aliphatic rings. The predicted molar refractivity (Wildman–Crippen MR) is 68.4 cm³/mol. The Hall–Kier alpha value is -1.94. The summed E-state index contributed by atoms with van der Waals surface area (Å²) in [7, 11) is 0. The number of pyridine rings is 2. The summed E-state index contributed by atoms with van der Waals surface area (Å²) < 4.78 is 4.88. The molecule has 2 rings (SSSR count). The third-order valence-electron chi connectivity index (χ3n) is 2.29. The van der Waals surface area contributed by atoms with E-state index in [1.54, 1.807) is 31.5 Å². The van der Waals surface area contributed by atoms with E-state index in [4.69, 9.17) is 16.3 Å². The van der Waals surface area contributed by atoms with Crippen molar-refractivity contribution in [2.24, 2.45) is 0 Å². The molecular weight excluding hydrogens is 252 g/mol. The van der Waals surface area contributed by atoms with Crippen LogP contribution in [0.15, 0.2) is 36.8 Å². The lowest BCUT2D eigenvalue weighted by atomic mass is 10.1. The summed E-state index contributed by atoms with van der Waals surface area (Å²) in [4.78, 5) is 19.7. The molecule has 2 aromatic heterocycles. The average Bonchev–Trinajstić information content (AvgIpc) is 2.40. The Kier molecular flexibility index (Phi) is 3.89. The van der Waals surface area contributed by atoms with E-state index in [0.29, 0.717) is 22.9 Å². The van der Waals surface area contributed by atoms with Gasteiger partial charge in [0.25, 0.3) is 0 Å². The molecule has 0 radical (unpaired) electrons. The van der Waals surface area contributed by atoms with Crippen LogP contribution in [0, 0.1) is 0 Å². The number of hydrogen-bond acceptors (Lipinski definition) is 4. The Morgan fingerprint density at radius 2 is 2.28 bits per heavy atom. The van der Waals surface area contributed by atoms with Gasteiger partial charge in [-0.3, -0.25) is 9.97 Å². The number of carbonyl (C=O) groups excluding carboxylic acids is 1. The molecule has 0 atom stereocenters. The fourth-order valence-corrected chi connectivity index (χ4v) is 1.75. The van der Waals surface area contributed by atoms with Crippen LogP contribution in [-0.2, 0) is 4.74 Å². The first-order chi connectivity index (χ1) is 8.72. The van der Waals surface area contributed by atoms with Gasteiger partial charge < -0.3 is 4.74 Å². The average molecular weight is 263 g/mol. The van der Waals surface area contributed by atoms with Crippen molar-refractivity contribution in [2.75, 3.05) is 6.61 Å². The molecule has 5 heteroatoms. The number of hydrogen-bond donors (Lipinski definition) is 0. The fraction of sp³-hybridized carbons (Fsp3) is 0.154. The molecule has 0 N–H and O–H groups in total. The monoisotopic (exact) mass is 262 g/mol. The van der Waals surface area contributed by atoms with Crippen LogP contribution in [0.5, 0.6) is 0 Å². The molecular formula is C13H11ClN2O2. The van der Waals surface area contributed by atoms with Gasteiger partial charge in [-0.05, 0) is 25.1 Å². The zero-order valence-electron chi connectivity index (χ0n) is 9.76. The molecule has 0 aromatic carbocycles. The van der Waals surface area contributed by atoms with Gasteiger partial charge in [0.15, 0.2) is 0 Å². The van der Waals surface area contributed by atoms with E-state index in [1.165, 1.54) is 6.20 Å². The van der Waals surface area contributed by atoms with Gasteiger partial charge in [0.2, 0.25) is 0 Å². The molecule has 0 spiro atoms. The highest BCUT2D eigenvalue weighted by molar-refractivity contribution is 6.33. The number of rotatable bonds is 3. The van der Waals surface area contributed by atoms with E-state index in [2.05, 4.69) is 9.97 Å². The van der Waals surface area contributed by atoms with Gasteiger partial charge in [-0.1, -0.05) is 11.6 Å². The number of nitrogens with zero attached hydrogens (tertiary/aromatic N) is 2. The number of ether oxygens (including phenoxy) is 1. The number of halogens is 1. The number of carbonyl (C=O) groups is 1. The zero-order chi connectivity index (χ0) is 13.0. The second-order valence-electron chi connectivity index (χ2n) is 3.52. The van der Waals surface area contributed by atoms with Crippen LogP contribution in [0.3, 0.4) is 0 Å². The summed E-state index contributed by atoms with van der Waals surface area (Å²) in [5, 5.41) is 0.397. The molecule has 2 heterocycles. The van der Waals surface area contributed by atoms with Crippen molar-refractivity contribution in [1.29, 1.82) is 0 Å². The van der Waals surface area contributed by atoms with Crippen molar-refractivity contribution in [3.63, 3.8) is 0 Å². The quantitative estimate of drug-likeness (QED) is 0.798. The maximum atomic E-state index is 11.5. The maximum absolute atomic E-state index is 11.5. The summed E-state index contributed by atoms with van der Waals surface area (Å²) in [5.74, 6) is -0.426. The van der Waals surface area contributed by atoms with Crippen molar-refractivity contribution in [2.45, 2.75) is 6.92 Å². The second-order valence-corrected chi connectivity index (χ2v) is 3.92. The van der Waals surface area contributed by atoms with Crippen LogP contribution in [0.4, 0.5) is 0 Å². The fourth-order valence-electron chi connectivity index (χ4n) is 1.48. The maximum Gasteiger partial charge on any atom is 0.339 e. The Morgan fingerprint density at radius 3 is 2.89 bits per heavy atom. The molecule has 0 bridgehead atoms. The minimum atomic E-state index is -0.426. The molecule has 0 saturated heterocycles. The first-order valence-corrected chi connectivity index (χ1v) is 5.83. The van der Waals surface area contributed by atoms with Crippen molar-refractivity contribution in [3.05, 3.63) is 47.4 Å². The molecule has 4 nitrogen and oxygen atoms in total. The van der Waals surface area contributed by atoms with Crippen molar-refractivity contribution in [3.8, 4) is 11.3 Å². The Morgan fingerprint density at radius 1 is 1.44 bits per heavy atom. The van der Waals surface area contributed by atoms with Gasteiger partial charge in [0.05, 0.1) is 22.9 Å². The van der Waals surface area contributed by atoms with E-state index in [1.807, 2.05) is 6.07 Å². The third-order valence-corrected chi connectivity index (χ3v) is 2.58. The largest absolute Gasteiger partial charge is 0.462 e. The molecule has 0 fully saturated rings. The van der Waals surface area contributed by atoms with Crippen molar-refractivity contribution < 1.29 is 9.53 Å². The topological polar surface area (TPSA) is 52.1 Å². The summed E-state index contributed by atoms with van der Waals surface area (Å²) in [6, 6.07) is 5.20. The Labute approximate surface area is 110 Å². The van der Waals surface area contributed by atoms with Gasteiger partial charge in [-0.15, -0.1) is 0 Å². The van der Waals surface area contributed by atoms with Gasteiger partial charge in [0, 0.05) is 24.2 Å². The van der Waals surface area contributed by atoms with Gasteiger partial charge in [-0.25, -0.2) is 4.79 Å². The molecule has 0 amide bonds. The third kappa shape index (κ3) is 2.65. The first-order valence-electron chi connectivity index (χ1n) is 5.45. The second kappa shape index (κ2) is 5.60. The highest BCUT2D eigenvalue weighted by Gasteiger charge is 2.11. The van der Waals surface area contributed by atoms with Gasteiger partial charge in [-0.2, -0.15) is 0 Å². The smallest absolute Gasteiger partial charge is 0.339 e. The van der Waals surface area contributed by atoms with Crippen molar-refractivity contribution >= 4 is 17.6 Å². The highest BCUT2D eigenvalue weighted by atomic mass is 35.5. The molecule has 2 aromatic rings. The molecule has 0 aliphatic carbocycles. The summed E-state index contributed by atoms with van der Waals surface area (Å²) in [5.41, 5.74) is 1.74. The standard InChI is InChI=1S/C13H11ClN2O2/c1-2-18-13(17)10-6-11(14)12(16-8-10)9-4-3-5-15-7-9/h3-8H,2H2,1H3. The van der Waals surface area contributed by atoms with Crippen LogP contribution < -0.4 is 0 Å². The lowest BCUT2D eigenvalue weighted by molar-refractivity contribution is 0.0526. The van der Waals surface area contributed by atoms with E-state index >= 15 is 0 Å². The van der Waals surface area contributed by atoms with E-state index < -0.39 is 5.97 Å². The summed E-state index contributed by atoms with van der Waals surface area (Å²) in [6.07, 6.45) is 4.79. The lowest BCUT2D eigenvalue weighted by Gasteiger charge is -2.05. The van der Waals surface area contributed by atoms with Gasteiger partial charge in [0.1, 0.15) is 0 Å². The minimum absolute atomic E-state index is 0.320. The SMILES string of the molecule is CCOC(=O)c1cnc(-c2cccnc2)c(Cl)c1. The molecule has 92 valence electrons. The van der Waals surface area contributed by atoms with Crippen LogP contribution in [0.25, 0.3) is 11.3 Å². The van der Waals surface area contributed by atoms with Crippen LogP contribution >= 0.6 is 11.6 Å². The Balaban J connectivity index is 2.34. The molecule has 18 heavy (non-hydrogen) atoms. The normalized spacial score (nSPS) is 10.1. The van der Waals surface area contributed by atoms with E-state index in [9.17, 15) is 4.79 Å². The van der Waals surface area contributed by atoms with E-state index in [-0.39, 0.29) is 0 Å². The summed E-state index contributed by atoms with van der Waals surface area (Å²) >= 11 is 6.11. The lowest BCUT2D eigenvalue weighted by Crippen LogP contribution is -2.05. The number of aromatic nitrogens is 2. The van der Waals surface area contributed by atoms with Crippen LogP contribution in [-0.4, -0.2) is 22.5 Å². The zero-order valence-corrected chi connectivity index (χ0v) is 10.5. The molecule has 0 unspecified atom stereocenters. The van der Waals surface area contributed by atoms with Gasteiger partial charge >= 0.3 is 5.97 Å². The van der Waals surface area contributed by atoms with Crippen molar-refractivity contribution in [1.82, 2.24) is 9.97 Å². The Bertz CT molecular complexity index is 558. The number of esters is 1. The summed E-state index contributed by atoms with van der Waals surface area (Å²) in [6.45, 7) is 2.07. The first kappa shape index (κ1) is 12.5. The predicted octanol–water partition coefficient (Wildman–Crippen LogP) is 2.97.